The van der Waals surface area contributed by atoms with Gasteiger partial charge in [0, 0.05) is 29.9 Å². The van der Waals surface area contributed by atoms with Crippen LogP contribution in [0, 0.1) is 11.6 Å². The number of benzene rings is 1. The highest BCUT2D eigenvalue weighted by molar-refractivity contribution is 5.22. The first-order valence-electron chi connectivity index (χ1n) is 6.40. The molecule has 0 aliphatic rings. The first-order valence-corrected chi connectivity index (χ1v) is 6.40. The normalized spacial score (nSPS) is 12.6. The molecule has 0 fully saturated rings. The van der Waals surface area contributed by atoms with Crippen LogP contribution < -0.4 is 5.32 Å². The molecule has 0 saturated heterocycles. The van der Waals surface area contributed by atoms with Gasteiger partial charge in [-0.2, -0.15) is 5.10 Å². The van der Waals surface area contributed by atoms with E-state index in [1.165, 1.54) is 6.07 Å². The Labute approximate surface area is 116 Å². The van der Waals surface area contributed by atoms with Gasteiger partial charge in [0.05, 0.1) is 19.3 Å². The smallest absolute Gasteiger partial charge is 0.128 e. The second-order valence-corrected chi connectivity index (χ2v) is 4.60. The molecule has 0 aliphatic heterocycles. The van der Waals surface area contributed by atoms with Gasteiger partial charge in [-0.15, -0.1) is 0 Å². The molecule has 1 heterocycles. The zero-order valence-corrected chi connectivity index (χ0v) is 11.2. The molecule has 0 saturated carbocycles. The summed E-state index contributed by atoms with van der Waals surface area (Å²) in [5.41, 5.74) is 1.22. The molecule has 0 aliphatic carbocycles. The summed E-state index contributed by atoms with van der Waals surface area (Å²) in [6.07, 6.45) is 3.48. The van der Waals surface area contributed by atoms with E-state index in [1.54, 1.807) is 24.0 Å². The number of aliphatic hydroxyl groups excluding tert-OH is 1. The minimum absolute atomic E-state index is 0.0272. The lowest BCUT2D eigenvalue weighted by Crippen LogP contribution is -2.19. The number of hydrogen-bond donors (Lipinski definition) is 2. The van der Waals surface area contributed by atoms with Gasteiger partial charge < -0.3 is 10.4 Å². The van der Waals surface area contributed by atoms with Crippen molar-refractivity contribution in [1.29, 1.82) is 0 Å². The fourth-order valence-electron chi connectivity index (χ4n) is 1.95. The zero-order chi connectivity index (χ0) is 14.5. The highest BCUT2D eigenvalue weighted by atomic mass is 19.1. The Morgan fingerprint density at radius 2 is 2.20 bits per heavy atom. The monoisotopic (exact) mass is 281 g/mol. The summed E-state index contributed by atoms with van der Waals surface area (Å²) >= 11 is 0. The summed E-state index contributed by atoms with van der Waals surface area (Å²) in [5.74, 6) is -0.881. The number of rotatable bonds is 6. The maximum Gasteiger partial charge on any atom is 0.128 e. The third-order valence-electron chi connectivity index (χ3n) is 3.05. The lowest BCUT2D eigenvalue weighted by Gasteiger charge is -2.14. The van der Waals surface area contributed by atoms with Crippen molar-refractivity contribution in [2.24, 2.45) is 0 Å². The van der Waals surface area contributed by atoms with E-state index in [0.717, 1.165) is 17.7 Å². The van der Waals surface area contributed by atoms with E-state index in [0.29, 0.717) is 18.7 Å². The number of halogens is 2. The van der Waals surface area contributed by atoms with Gasteiger partial charge in [-0.05, 0) is 25.1 Å². The fraction of sp³-hybridized carbons (Fsp3) is 0.357. The van der Waals surface area contributed by atoms with E-state index in [1.807, 2.05) is 0 Å². The number of nitrogens with zero attached hydrogens (tertiary/aromatic N) is 2. The highest BCUT2D eigenvalue weighted by Gasteiger charge is 2.12. The van der Waals surface area contributed by atoms with Crippen LogP contribution in [-0.4, -0.2) is 21.5 Å². The molecule has 6 heteroatoms. The SMILES string of the molecule is CC(NCc1cnn(CCO)c1)c1cc(F)ccc1F. The molecule has 1 unspecified atom stereocenters. The molecule has 2 N–H and O–H groups in total. The molecule has 2 aromatic rings. The van der Waals surface area contributed by atoms with Gasteiger partial charge in [-0.3, -0.25) is 4.68 Å². The van der Waals surface area contributed by atoms with Crippen molar-refractivity contribution in [3.05, 3.63) is 53.4 Å². The minimum Gasteiger partial charge on any atom is -0.394 e. The van der Waals surface area contributed by atoms with Crippen LogP contribution in [0.4, 0.5) is 8.78 Å². The zero-order valence-electron chi connectivity index (χ0n) is 11.2. The largest absolute Gasteiger partial charge is 0.394 e. The predicted molar refractivity (Wildman–Crippen MR) is 70.9 cm³/mol. The third kappa shape index (κ3) is 3.61. The van der Waals surface area contributed by atoms with Crippen LogP contribution in [0.2, 0.25) is 0 Å². The lowest BCUT2D eigenvalue weighted by atomic mass is 10.1. The van der Waals surface area contributed by atoms with Crippen LogP contribution in [0.3, 0.4) is 0 Å². The van der Waals surface area contributed by atoms with Crippen LogP contribution in [0.5, 0.6) is 0 Å². The maximum absolute atomic E-state index is 13.6. The van der Waals surface area contributed by atoms with Gasteiger partial charge in [0.1, 0.15) is 11.6 Å². The van der Waals surface area contributed by atoms with Crippen LogP contribution in [0.25, 0.3) is 0 Å². The standard InChI is InChI=1S/C14H17F2N3O/c1-10(13-6-12(15)2-3-14(13)16)17-7-11-8-18-19(9-11)4-5-20/h2-3,6,8-10,17,20H,4-5,7H2,1H3. The van der Waals surface area contributed by atoms with Crippen molar-refractivity contribution >= 4 is 0 Å². The van der Waals surface area contributed by atoms with Crippen molar-refractivity contribution in [2.45, 2.75) is 26.1 Å². The van der Waals surface area contributed by atoms with E-state index in [4.69, 9.17) is 5.11 Å². The number of nitrogens with one attached hydrogen (secondary N) is 1. The predicted octanol–water partition coefficient (Wildman–Crippen LogP) is 2.00. The van der Waals surface area contributed by atoms with Crippen molar-refractivity contribution in [3.63, 3.8) is 0 Å². The average Bonchev–Trinajstić information content (AvgIpc) is 2.87. The van der Waals surface area contributed by atoms with E-state index in [9.17, 15) is 8.78 Å². The Bertz CT molecular complexity index is 571. The van der Waals surface area contributed by atoms with Gasteiger partial charge in [-0.1, -0.05) is 0 Å². The molecule has 108 valence electrons. The third-order valence-corrected chi connectivity index (χ3v) is 3.05. The van der Waals surface area contributed by atoms with Gasteiger partial charge in [0.2, 0.25) is 0 Å². The molecule has 1 atom stereocenters. The summed E-state index contributed by atoms with van der Waals surface area (Å²) in [5, 5.41) is 16.0. The van der Waals surface area contributed by atoms with Gasteiger partial charge in [0.25, 0.3) is 0 Å². The molecule has 1 aromatic heterocycles. The number of aromatic nitrogens is 2. The molecule has 4 nitrogen and oxygen atoms in total. The van der Waals surface area contributed by atoms with E-state index in [2.05, 4.69) is 10.4 Å². The van der Waals surface area contributed by atoms with Gasteiger partial charge in [-0.25, -0.2) is 8.78 Å². The molecule has 0 spiro atoms. The summed E-state index contributed by atoms with van der Waals surface area (Å²) in [7, 11) is 0. The molecule has 20 heavy (non-hydrogen) atoms. The molecule has 0 radical (unpaired) electrons. The van der Waals surface area contributed by atoms with Gasteiger partial charge >= 0.3 is 0 Å². The summed E-state index contributed by atoms with van der Waals surface area (Å²) in [4.78, 5) is 0. The Balaban J connectivity index is 1.97. The maximum atomic E-state index is 13.6. The minimum atomic E-state index is -0.453. The van der Waals surface area contributed by atoms with Crippen molar-refractivity contribution in [1.82, 2.24) is 15.1 Å². The summed E-state index contributed by atoms with van der Waals surface area (Å²) in [6.45, 7) is 2.73. The van der Waals surface area contributed by atoms with E-state index in [-0.39, 0.29) is 12.6 Å². The first kappa shape index (κ1) is 14.6. The number of hydrogen-bond acceptors (Lipinski definition) is 3. The Kier molecular flexibility index (Phi) is 4.81. The summed E-state index contributed by atoms with van der Waals surface area (Å²) < 4.78 is 28.4. The van der Waals surface area contributed by atoms with Crippen LogP contribution in [0.15, 0.2) is 30.6 Å². The molecule has 0 bridgehead atoms. The molecule has 2 rings (SSSR count). The second-order valence-electron chi connectivity index (χ2n) is 4.60. The highest BCUT2D eigenvalue weighted by Crippen LogP contribution is 2.18. The number of aliphatic hydroxyl groups is 1. The molecular formula is C14H17F2N3O. The van der Waals surface area contributed by atoms with Gasteiger partial charge in [0.15, 0.2) is 0 Å². The molecule has 1 aromatic carbocycles. The molecule has 0 amide bonds. The topological polar surface area (TPSA) is 50.1 Å². The summed E-state index contributed by atoms with van der Waals surface area (Å²) in [6, 6.07) is 3.11. The quantitative estimate of drug-likeness (QED) is 0.851. The average molecular weight is 281 g/mol. The van der Waals surface area contributed by atoms with Crippen LogP contribution >= 0.6 is 0 Å². The Hall–Kier alpha value is -1.79. The fourth-order valence-corrected chi connectivity index (χ4v) is 1.95. The van der Waals surface area contributed by atoms with E-state index >= 15 is 0 Å². The van der Waals surface area contributed by atoms with E-state index < -0.39 is 11.6 Å². The Morgan fingerprint density at radius 1 is 1.40 bits per heavy atom. The first-order chi connectivity index (χ1) is 9.60. The van der Waals surface area contributed by atoms with Crippen LogP contribution in [0.1, 0.15) is 24.1 Å². The molecular weight excluding hydrogens is 264 g/mol. The lowest BCUT2D eigenvalue weighted by molar-refractivity contribution is 0.269. The van der Waals surface area contributed by atoms with Crippen molar-refractivity contribution < 1.29 is 13.9 Å². The second kappa shape index (κ2) is 6.58. The van der Waals surface area contributed by atoms with Crippen molar-refractivity contribution in [2.75, 3.05) is 6.61 Å². The van der Waals surface area contributed by atoms with Crippen LogP contribution in [-0.2, 0) is 13.1 Å². The van der Waals surface area contributed by atoms with Crippen molar-refractivity contribution in [3.8, 4) is 0 Å². The Morgan fingerprint density at radius 3 is 2.95 bits per heavy atom.